The molecular formula is C29H36F4N4O7. The number of hydrogen-bond acceptors (Lipinski definition) is 8. The fourth-order valence-electron chi connectivity index (χ4n) is 4.24. The zero-order valence-corrected chi connectivity index (χ0v) is 24.6. The molecule has 0 bridgehead atoms. The molecule has 1 fully saturated rings. The molecule has 0 saturated carbocycles. The minimum atomic E-state index is -2.09. The minimum absolute atomic E-state index is 0.156. The molecule has 2 unspecified atom stereocenters. The smallest absolute Gasteiger partial charge is 0.329 e. The van der Waals surface area contributed by atoms with Gasteiger partial charge in [-0.3, -0.25) is 14.4 Å². The van der Waals surface area contributed by atoms with E-state index in [0.717, 1.165) is 0 Å². The van der Waals surface area contributed by atoms with Gasteiger partial charge < -0.3 is 30.9 Å². The molecule has 11 nitrogen and oxygen atoms in total. The summed E-state index contributed by atoms with van der Waals surface area (Å²) in [5.41, 5.74) is -1.28. The maximum atomic E-state index is 14.6. The van der Waals surface area contributed by atoms with Crippen LogP contribution in [0.15, 0.2) is 36.5 Å². The Bertz CT molecular complexity index is 1320. The highest BCUT2D eigenvalue weighted by atomic mass is 19.2. The molecular weight excluding hydrogens is 592 g/mol. The van der Waals surface area contributed by atoms with Gasteiger partial charge in [0.15, 0.2) is 5.82 Å². The van der Waals surface area contributed by atoms with E-state index in [1.807, 2.05) is 0 Å². The van der Waals surface area contributed by atoms with Crippen LogP contribution in [0.1, 0.15) is 39.7 Å². The number of rotatable bonds is 9. The van der Waals surface area contributed by atoms with Gasteiger partial charge in [0, 0.05) is 17.6 Å². The number of amides is 3. The fourth-order valence-corrected chi connectivity index (χ4v) is 4.24. The number of carbonyl (C=O) groups is 4. The van der Waals surface area contributed by atoms with Gasteiger partial charge in [-0.2, -0.15) is 18.2 Å². The molecule has 5 N–H and O–H groups in total. The van der Waals surface area contributed by atoms with Gasteiger partial charge in [0.2, 0.25) is 23.6 Å². The van der Waals surface area contributed by atoms with E-state index in [9.17, 15) is 41.8 Å². The van der Waals surface area contributed by atoms with E-state index in [2.05, 4.69) is 27.5 Å². The summed E-state index contributed by atoms with van der Waals surface area (Å²) in [6.07, 6.45) is 1.53. The Labute approximate surface area is 251 Å². The Morgan fingerprint density at radius 1 is 1.09 bits per heavy atom. The largest absolute Gasteiger partial charge is 0.458 e. The number of esters is 1. The summed E-state index contributed by atoms with van der Waals surface area (Å²) < 4.78 is 61.9. The van der Waals surface area contributed by atoms with Crippen molar-refractivity contribution in [2.45, 2.75) is 70.9 Å². The van der Waals surface area contributed by atoms with Crippen molar-refractivity contribution in [2.24, 2.45) is 11.8 Å². The van der Waals surface area contributed by atoms with E-state index in [-0.39, 0.29) is 12.2 Å². The van der Waals surface area contributed by atoms with Crippen molar-refractivity contribution < 1.29 is 51.7 Å². The number of ether oxygens (including phenoxy) is 1. The van der Waals surface area contributed by atoms with Crippen LogP contribution in [0.4, 0.5) is 17.6 Å². The zero-order valence-electron chi connectivity index (χ0n) is 24.6. The van der Waals surface area contributed by atoms with Crippen LogP contribution in [-0.4, -0.2) is 75.8 Å². The standard InChI is InChI=1S/C29H36F4N4O7/c1-6-13(2)21-29(43)44-16(5)22(36-26(40)14(3)10-8-7-9-11-38)28(42)34-18(23(39)15(4)27(41)35-21)12-17-19(30)20(31)25(33)37-24(17)32/h7-10,13,15-16,18,21-23,38-39H,3,6,11-12H2,1-2,4-5H3,(H,34,42)(H,35,41)(H,36,40)/b9-7-,10-8-/t13?,15-,16-,18+,21?,22+,23+/m1/s1. The first-order valence-electron chi connectivity index (χ1n) is 13.8. The number of cyclic esters (lactones) is 1. The maximum Gasteiger partial charge on any atom is 0.329 e. The molecule has 1 aromatic heterocycles. The first kappa shape index (κ1) is 36.1. The van der Waals surface area contributed by atoms with Crippen LogP contribution in [0.25, 0.3) is 0 Å². The number of pyridine rings is 1. The number of carbonyl (C=O) groups excluding carboxylic acids is 4. The van der Waals surface area contributed by atoms with Crippen molar-refractivity contribution in [2.75, 3.05) is 6.61 Å². The Kier molecular flexibility index (Phi) is 13.2. The molecule has 44 heavy (non-hydrogen) atoms. The van der Waals surface area contributed by atoms with Crippen LogP contribution in [0.2, 0.25) is 0 Å². The zero-order chi connectivity index (χ0) is 33.3. The first-order valence-corrected chi connectivity index (χ1v) is 13.8. The summed E-state index contributed by atoms with van der Waals surface area (Å²) >= 11 is 0. The predicted molar refractivity (Wildman–Crippen MR) is 148 cm³/mol. The number of nitrogens with one attached hydrogen (secondary N) is 3. The van der Waals surface area contributed by atoms with Crippen LogP contribution in [0.5, 0.6) is 0 Å². The Balaban J connectivity index is 2.58. The normalized spacial score (nSPS) is 25.9. The molecule has 0 radical (unpaired) electrons. The van der Waals surface area contributed by atoms with Gasteiger partial charge in [0.1, 0.15) is 18.2 Å². The van der Waals surface area contributed by atoms with E-state index < -0.39 is 101 Å². The predicted octanol–water partition coefficient (Wildman–Crippen LogP) is 1.28. The number of halogens is 4. The second-order valence-corrected chi connectivity index (χ2v) is 10.4. The first-order chi connectivity index (χ1) is 20.6. The third kappa shape index (κ3) is 8.95. The molecule has 1 aliphatic heterocycles. The molecule has 2 rings (SSSR count). The summed E-state index contributed by atoms with van der Waals surface area (Å²) in [7, 11) is 0. The van der Waals surface area contributed by atoms with E-state index in [0.29, 0.717) is 6.42 Å². The lowest BCUT2D eigenvalue weighted by molar-refractivity contribution is -0.158. The van der Waals surface area contributed by atoms with Gasteiger partial charge in [-0.1, -0.05) is 58.1 Å². The average molecular weight is 629 g/mol. The lowest BCUT2D eigenvalue weighted by Crippen LogP contribution is -2.61. The van der Waals surface area contributed by atoms with Gasteiger partial charge >= 0.3 is 5.97 Å². The topological polar surface area (TPSA) is 167 Å². The number of aromatic nitrogens is 1. The van der Waals surface area contributed by atoms with Gasteiger partial charge in [0.25, 0.3) is 11.9 Å². The van der Waals surface area contributed by atoms with Crippen molar-refractivity contribution in [3.63, 3.8) is 0 Å². The summed E-state index contributed by atoms with van der Waals surface area (Å²) in [4.78, 5) is 55.3. The molecule has 2 heterocycles. The van der Waals surface area contributed by atoms with Crippen molar-refractivity contribution in [1.29, 1.82) is 0 Å². The molecule has 1 aromatic rings. The third-order valence-corrected chi connectivity index (χ3v) is 7.22. The SMILES string of the molecule is C=C(/C=C\C=C/CO)C(=O)N[C@@H]1C(=O)N[C@@H](Cc2c(F)nc(F)c(F)c2F)[C@@H](O)[C@@H](C)C(=O)NC(C(C)CC)C(=O)O[C@@H]1C. The van der Waals surface area contributed by atoms with Crippen LogP contribution in [-0.2, 0) is 30.3 Å². The van der Waals surface area contributed by atoms with Crippen LogP contribution < -0.4 is 16.0 Å². The van der Waals surface area contributed by atoms with Crippen LogP contribution in [0.3, 0.4) is 0 Å². The molecule has 0 spiro atoms. The third-order valence-electron chi connectivity index (χ3n) is 7.22. The molecule has 0 aliphatic carbocycles. The van der Waals surface area contributed by atoms with Crippen molar-refractivity contribution in [3.8, 4) is 0 Å². The summed E-state index contributed by atoms with van der Waals surface area (Å²) in [5.74, 6) is -13.6. The molecule has 3 amide bonds. The summed E-state index contributed by atoms with van der Waals surface area (Å²) in [6, 6.07) is -4.65. The van der Waals surface area contributed by atoms with E-state index >= 15 is 0 Å². The Morgan fingerprint density at radius 2 is 1.75 bits per heavy atom. The molecule has 15 heteroatoms. The van der Waals surface area contributed by atoms with Gasteiger partial charge in [-0.25, -0.2) is 9.18 Å². The molecule has 0 aromatic carbocycles. The number of aliphatic hydroxyl groups is 2. The fraction of sp³-hybridized carbons (Fsp3) is 0.483. The van der Waals surface area contributed by atoms with Crippen molar-refractivity contribution in [1.82, 2.24) is 20.9 Å². The number of nitrogens with zero attached hydrogens (tertiary/aromatic N) is 1. The van der Waals surface area contributed by atoms with E-state index in [1.165, 1.54) is 38.2 Å². The van der Waals surface area contributed by atoms with Crippen molar-refractivity contribution in [3.05, 3.63) is 65.5 Å². The van der Waals surface area contributed by atoms with Crippen molar-refractivity contribution >= 4 is 23.7 Å². The highest BCUT2D eigenvalue weighted by molar-refractivity contribution is 5.99. The highest BCUT2D eigenvalue weighted by Gasteiger charge is 2.40. The Morgan fingerprint density at radius 3 is 2.36 bits per heavy atom. The van der Waals surface area contributed by atoms with E-state index in [4.69, 9.17) is 9.84 Å². The monoisotopic (exact) mass is 628 g/mol. The second-order valence-electron chi connectivity index (χ2n) is 10.4. The quantitative estimate of drug-likeness (QED) is 0.0897. The second kappa shape index (κ2) is 16.1. The van der Waals surface area contributed by atoms with Crippen LogP contribution in [0, 0.1) is 35.4 Å². The van der Waals surface area contributed by atoms with Crippen LogP contribution >= 0.6 is 0 Å². The van der Waals surface area contributed by atoms with Gasteiger partial charge in [-0.15, -0.1) is 0 Å². The lowest BCUT2D eigenvalue weighted by atomic mass is 9.90. The maximum absolute atomic E-state index is 14.6. The highest BCUT2D eigenvalue weighted by Crippen LogP contribution is 2.22. The lowest BCUT2D eigenvalue weighted by Gasteiger charge is -2.34. The average Bonchev–Trinajstić information content (AvgIpc) is 2.98. The molecule has 242 valence electrons. The molecule has 1 saturated heterocycles. The molecule has 7 atom stereocenters. The number of allylic oxidation sites excluding steroid dienone is 2. The van der Waals surface area contributed by atoms with E-state index in [1.54, 1.807) is 13.8 Å². The summed E-state index contributed by atoms with van der Waals surface area (Å²) in [6.45, 7) is 9.19. The number of hydrogen-bond donors (Lipinski definition) is 5. The minimum Gasteiger partial charge on any atom is -0.458 e. The van der Waals surface area contributed by atoms with Gasteiger partial charge in [-0.05, 0) is 12.8 Å². The van der Waals surface area contributed by atoms with Gasteiger partial charge in [0.05, 0.1) is 24.7 Å². The summed E-state index contributed by atoms with van der Waals surface area (Å²) in [5, 5.41) is 27.1. The molecule has 1 aliphatic rings. The Hall–Kier alpha value is -4.11. The number of aliphatic hydroxyl groups excluding tert-OH is 2.